The number of amides is 1. The number of nitrogens with one attached hydrogen (secondary N) is 1. The number of halogens is 1. The first kappa shape index (κ1) is 17.4. The molecule has 0 fully saturated rings. The average Bonchev–Trinajstić information content (AvgIpc) is 2.65. The Morgan fingerprint density at radius 3 is 2.62 bits per heavy atom. The Morgan fingerprint density at radius 1 is 1.00 bits per heavy atom. The van der Waals surface area contributed by atoms with E-state index >= 15 is 0 Å². The van der Waals surface area contributed by atoms with Crippen molar-refractivity contribution in [3.05, 3.63) is 84.2 Å². The van der Waals surface area contributed by atoms with Gasteiger partial charge in [0.05, 0.1) is 0 Å². The van der Waals surface area contributed by atoms with E-state index in [1.807, 2.05) is 36.4 Å². The van der Waals surface area contributed by atoms with Crippen molar-refractivity contribution in [2.45, 2.75) is 0 Å². The van der Waals surface area contributed by atoms with Crippen molar-refractivity contribution in [3.8, 4) is 0 Å². The van der Waals surface area contributed by atoms with Crippen LogP contribution in [0.1, 0.15) is 5.56 Å². The summed E-state index contributed by atoms with van der Waals surface area (Å²) in [5, 5.41) is 4.64. The van der Waals surface area contributed by atoms with Crippen LogP contribution in [-0.2, 0) is 14.3 Å². The van der Waals surface area contributed by atoms with Crippen LogP contribution < -0.4 is 5.32 Å². The van der Waals surface area contributed by atoms with Gasteiger partial charge in [0.2, 0.25) is 0 Å². The number of carbonyl (C=O) groups is 2. The van der Waals surface area contributed by atoms with Crippen molar-refractivity contribution in [2.75, 3.05) is 11.9 Å². The van der Waals surface area contributed by atoms with Crippen LogP contribution in [0.3, 0.4) is 0 Å². The van der Waals surface area contributed by atoms with E-state index in [0.717, 1.165) is 16.8 Å². The number of fused-ring (bicyclic) bond motifs is 1. The molecule has 4 nitrogen and oxygen atoms in total. The van der Waals surface area contributed by atoms with Gasteiger partial charge in [-0.05, 0) is 35.2 Å². The molecule has 0 saturated heterocycles. The Kier molecular flexibility index (Phi) is 5.39. The van der Waals surface area contributed by atoms with Crippen molar-refractivity contribution in [2.24, 2.45) is 0 Å². The molecule has 0 atom stereocenters. The van der Waals surface area contributed by atoms with E-state index in [1.54, 1.807) is 12.1 Å². The molecule has 0 unspecified atom stereocenters. The fourth-order valence-electron chi connectivity index (χ4n) is 2.48. The smallest absolute Gasteiger partial charge is 0.331 e. The monoisotopic (exact) mass is 349 g/mol. The normalized spacial score (nSPS) is 10.8. The summed E-state index contributed by atoms with van der Waals surface area (Å²) >= 11 is 0. The molecule has 0 aliphatic rings. The van der Waals surface area contributed by atoms with Crippen molar-refractivity contribution in [3.63, 3.8) is 0 Å². The van der Waals surface area contributed by atoms with Crippen molar-refractivity contribution in [1.82, 2.24) is 0 Å². The van der Waals surface area contributed by atoms with Crippen LogP contribution >= 0.6 is 0 Å². The number of benzene rings is 3. The molecule has 3 rings (SSSR count). The fourth-order valence-corrected chi connectivity index (χ4v) is 2.48. The van der Waals surface area contributed by atoms with Crippen LogP contribution in [-0.4, -0.2) is 18.5 Å². The molecule has 0 spiro atoms. The average molecular weight is 349 g/mol. The summed E-state index contributed by atoms with van der Waals surface area (Å²) < 4.78 is 18.0. The molecular formula is C21H16FNO3. The quantitative estimate of drug-likeness (QED) is 0.555. The first-order chi connectivity index (χ1) is 12.6. The second-order valence-corrected chi connectivity index (χ2v) is 5.57. The third kappa shape index (κ3) is 4.54. The number of ether oxygens (including phenoxy) is 1. The molecule has 0 saturated carbocycles. The van der Waals surface area contributed by atoms with Crippen LogP contribution in [0.4, 0.5) is 10.1 Å². The third-order valence-corrected chi connectivity index (χ3v) is 3.67. The molecule has 0 aromatic heterocycles. The summed E-state index contributed by atoms with van der Waals surface area (Å²) in [6, 6.07) is 19.0. The number of rotatable bonds is 5. The summed E-state index contributed by atoms with van der Waals surface area (Å²) in [5.74, 6) is -1.51. The number of esters is 1. The zero-order chi connectivity index (χ0) is 18.4. The Morgan fingerprint density at radius 2 is 1.77 bits per heavy atom. The second-order valence-electron chi connectivity index (χ2n) is 5.57. The highest BCUT2D eigenvalue weighted by molar-refractivity contribution is 6.03. The molecule has 0 aliphatic carbocycles. The van der Waals surface area contributed by atoms with Crippen LogP contribution in [0, 0.1) is 5.82 Å². The summed E-state index contributed by atoms with van der Waals surface area (Å²) in [7, 11) is 0. The summed E-state index contributed by atoms with van der Waals surface area (Å²) in [6.45, 7) is -0.407. The number of carbonyl (C=O) groups excluding carboxylic acids is 2. The molecule has 130 valence electrons. The van der Waals surface area contributed by atoms with Gasteiger partial charge in [0, 0.05) is 17.1 Å². The lowest BCUT2D eigenvalue weighted by Crippen LogP contribution is -2.20. The minimum atomic E-state index is -0.678. The Hall–Kier alpha value is -3.47. The maximum Gasteiger partial charge on any atom is 0.331 e. The number of hydrogen-bond donors (Lipinski definition) is 1. The highest BCUT2D eigenvalue weighted by Crippen LogP contribution is 2.22. The van der Waals surface area contributed by atoms with Crippen molar-refractivity contribution in [1.29, 1.82) is 0 Å². The van der Waals surface area contributed by atoms with Gasteiger partial charge in [-0.1, -0.05) is 48.5 Å². The van der Waals surface area contributed by atoms with Gasteiger partial charge in [0.1, 0.15) is 5.82 Å². The van der Waals surface area contributed by atoms with Crippen LogP contribution in [0.5, 0.6) is 0 Å². The molecule has 0 heterocycles. The molecule has 5 heteroatoms. The Labute approximate surface area is 149 Å². The van der Waals surface area contributed by atoms with Gasteiger partial charge in [0.25, 0.3) is 5.91 Å². The fraction of sp³-hybridized carbons (Fsp3) is 0.0476. The lowest BCUT2D eigenvalue weighted by Gasteiger charge is -2.08. The third-order valence-electron chi connectivity index (χ3n) is 3.67. The van der Waals surface area contributed by atoms with Crippen LogP contribution in [0.15, 0.2) is 72.8 Å². The minimum absolute atomic E-state index is 0.394. The maximum atomic E-state index is 13.1. The van der Waals surface area contributed by atoms with Gasteiger partial charge in [-0.15, -0.1) is 0 Å². The van der Waals surface area contributed by atoms with E-state index in [9.17, 15) is 14.0 Å². The lowest BCUT2D eigenvalue weighted by molar-refractivity contribution is -0.142. The first-order valence-corrected chi connectivity index (χ1v) is 8.00. The van der Waals surface area contributed by atoms with E-state index in [-0.39, 0.29) is 0 Å². The molecule has 1 N–H and O–H groups in total. The largest absolute Gasteiger partial charge is 0.452 e. The van der Waals surface area contributed by atoms with E-state index in [4.69, 9.17) is 4.74 Å². The van der Waals surface area contributed by atoms with Gasteiger partial charge in [-0.3, -0.25) is 4.79 Å². The molecule has 26 heavy (non-hydrogen) atoms. The molecule has 0 bridgehead atoms. The molecule has 3 aromatic carbocycles. The molecule has 0 aliphatic heterocycles. The highest BCUT2D eigenvalue weighted by atomic mass is 19.1. The molecule has 1 amide bonds. The maximum absolute atomic E-state index is 13.1. The predicted molar refractivity (Wildman–Crippen MR) is 99.0 cm³/mol. The topological polar surface area (TPSA) is 55.4 Å². The van der Waals surface area contributed by atoms with Gasteiger partial charge in [0.15, 0.2) is 6.61 Å². The molecule has 3 aromatic rings. The van der Waals surface area contributed by atoms with Gasteiger partial charge >= 0.3 is 5.97 Å². The summed E-state index contributed by atoms with van der Waals surface area (Å²) in [4.78, 5) is 23.7. The zero-order valence-electron chi connectivity index (χ0n) is 13.8. The predicted octanol–water partition coefficient (Wildman–Crippen LogP) is 4.17. The number of anilines is 1. The summed E-state index contributed by atoms with van der Waals surface area (Å²) in [6.07, 6.45) is 2.58. The second kappa shape index (κ2) is 8.07. The van der Waals surface area contributed by atoms with Gasteiger partial charge < -0.3 is 10.1 Å². The van der Waals surface area contributed by atoms with Crippen LogP contribution in [0.25, 0.3) is 16.8 Å². The van der Waals surface area contributed by atoms with Crippen LogP contribution in [0.2, 0.25) is 0 Å². The minimum Gasteiger partial charge on any atom is -0.452 e. The van der Waals surface area contributed by atoms with E-state index < -0.39 is 24.3 Å². The van der Waals surface area contributed by atoms with E-state index in [2.05, 4.69) is 5.32 Å². The van der Waals surface area contributed by atoms with E-state index in [1.165, 1.54) is 24.3 Å². The summed E-state index contributed by atoms with van der Waals surface area (Å²) in [5.41, 5.74) is 1.18. The Bertz CT molecular complexity index is 976. The van der Waals surface area contributed by atoms with Gasteiger partial charge in [-0.2, -0.15) is 0 Å². The lowest BCUT2D eigenvalue weighted by atomic mass is 10.1. The SMILES string of the molecule is O=C(COC(=O)/C=C/c1cccc(F)c1)Nc1cccc2ccccc12. The number of hydrogen-bond acceptors (Lipinski definition) is 3. The van der Waals surface area contributed by atoms with E-state index in [0.29, 0.717) is 11.3 Å². The first-order valence-electron chi connectivity index (χ1n) is 8.00. The highest BCUT2D eigenvalue weighted by Gasteiger charge is 2.08. The van der Waals surface area contributed by atoms with Crippen molar-refractivity contribution < 1.29 is 18.7 Å². The standard InChI is InChI=1S/C21H16FNO3/c22-17-8-3-5-15(13-17)11-12-21(25)26-14-20(24)23-19-10-4-7-16-6-1-2-9-18(16)19/h1-13H,14H2,(H,23,24)/b12-11+. The Balaban J connectivity index is 1.56. The van der Waals surface area contributed by atoms with Gasteiger partial charge in [-0.25, -0.2) is 9.18 Å². The zero-order valence-corrected chi connectivity index (χ0v) is 13.8. The molecule has 0 radical (unpaired) electrons. The molecular weight excluding hydrogens is 333 g/mol. The van der Waals surface area contributed by atoms with Crippen molar-refractivity contribution >= 4 is 34.4 Å².